The lowest BCUT2D eigenvalue weighted by atomic mass is 10.1. The first kappa shape index (κ1) is 18.4. The molecule has 0 aliphatic carbocycles. The molecule has 0 saturated carbocycles. The zero-order chi connectivity index (χ0) is 17.7. The number of rotatable bonds is 6. The summed E-state index contributed by atoms with van der Waals surface area (Å²) in [6, 6.07) is 2.48. The van der Waals surface area contributed by atoms with E-state index in [0.29, 0.717) is 38.9 Å². The number of morpholine rings is 1. The maximum Gasteiger partial charge on any atom is 0.418 e. The minimum atomic E-state index is -4.73. The van der Waals surface area contributed by atoms with E-state index in [0.717, 1.165) is 12.1 Å². The lowest BCUT2D eigenvalue weighted by Gasteiger charge is -2.28. The molecule has 1 aliphatic rings. The van der Waals surface area contributed by atoms with Crippen LogP contribution in [-0.4, -0.2) is 60.4 Å². The summed E-state index contributed by atoms with van der Waals surface area (Å²) in [5, 5.41) is 23.1. The van der Waals surface area contributed by atoms with Gasteiger partial charge in [-0.05, 0) is 6.07 Å². The van der Waals surface area contributed by atoms with E-state index < -0.39 is 28.5 Å². The average molecular weight is 349 g/mol. The highest BCUT2D eigenvalue weighted by Crippen LogP contribution is 2.37. The van der Waals surface area contributed by atoms with E-state index in [4.69, 9.17) is 4.74 Å². The molecule has 0 spiro atoms. The van der Waals surface area contributed by atoms with Gasteiger partial charge in [0.15, 0.2) is 0 Å². The van der Waals surface area contributed by atoms with Crippen molar-refractivity contribution in [2.24, 2.45) is 0 Å². The Morgan fingerprint density at radius 2 is 2.04 bits per heavy atom. The molecule has 0 unspecified atom stereocenters. The number of nitrogens with zero attached hydrogens (tertiary/aromatic N) is 2. The van der Waals surface area contributed by atoms with Gasteiger partial charge >= 0.3 is 6.18 Å². The Labute approximate surface area is 136 Å². The molecule has 0 radical (unpaired) electrons. The van der Waals surface area contributed by atoms with Crippen LogP contribution in [-0.2, 0) is 10.9 Å². The molecule has 24 heavy (non-hydrogen) atoms. The smallest absolute Gasteiger partial charge is 0.390 e. The van der Waals surface area contributed by atoms with Crippen LogP contribution in [0.3, 0.4) is 0 Å². The van der Waals surface area contributed by atoms with Gasteiger partial charge in [0.25, 0.3) is 5.69 Å². The molecular formula is C14H18F3N3O4. The fourth-order valence-electron chi connectivity index (χ4n) is 2.41. The van der Waals surface area contributed by atoms with Crippen LogP contribution in [0.1, 0.15) is 5.56 Å². The molecule has 1 atom stereocenters. The fraction of sp³-hybridized carbons (Fsp3) is 0.571. The number of aliphatic hydroxyl groups is 1. The monoisotopic (exact) mass is 349 g/mol. The van der Waals surface area contributed by atoms with Crippen LogP contribution in [0, 0.1) is 10.1 Å². The molecule has 134 valence electrons. The number of hydrogen-bond donors (Lipinski definition) is 2. The number of benzene rings is 1. The van der Waals surface area contributed by atoms with Crippen molar-refractivity contribution in [3.05, 3.63) is 33.9 Å². The van der Waals surface area contributed by atoms with E-state index in [-0.39, 0.29) is 12.2 Å². The van der Waals surface area contributed by atoms with Crippen LogP contribution in [0.15, 0.2) is 18.2 Å². The number of aliphatic hydroxyl groups excluding tert-OH is 1. The molecule has 10 heteroatoms. The first-order chi connectivity index (χ1) is 11.3. The molecule has 1 aliphatic heterocycles. The molecule has 1 aromatic rings. The summed E-state index contributed by atoms with van der Waals surface area (Å²) in [7, 11) is 0. The summed E-state index contributed by atoms with van der Waals surface area (Å²) in [6.07, 6.45) is -5.61. The minimum Gasteiger partial charge on any atom is -0.390 e. The summed E-state index contributed by atoms with van der Waals surface area (Å²) in [5.74, 6) is 0. The van der Waals surface area contributed by atoms with Crippen LogP contribution in [0.4, 0.5) is 24.5 Å². The Morgan fingerprint density at radius 1 is 1.38 bits per heavy atom. The lowest BCUT2D eigenvalue weighted by molar-refractivity contribution is -0.385. The van der Waals surface area contributed by atoms with E-state index in [2.05, 4.69) is 5.32 Å². The van der Waals surface area contributed by atoms with Crippen LogP contribution in [0.25, 0.3) is 0 Å². The third-order valence-corrected chi connectivity index (χ3v) is 3.62. The first-order valence-corrected chi connectivity index (χ1v) is 7.35. The second kappa shape index (κ2) is 7.77. The zero-order valence-electron chi connectivity index (χ0n) is 12.8. The predicted molar refractivity (Wildman–Crippen MR) is 79.9 cm³/mol. The van der Waals surface area contributed by atoms with Crippen LogP contribution >= 0.6 is 0 Å². The molecule has 1 aromatic carbocycles. The Balaban J connectivity index is 2.01. The van der Waals surface area contributed by atoms with Crippen molar-refractivity contribution in [1.29, 1.82) is 0 Å². The summed E-state index contributed by atoms with van der Waals surface area (Å²) in [6.45, 7) is 2.63. The largest absolute Gasteiger partial charge is 0.418 e. The van der Waals surface area contributed by atoms with Gasteiger partial charge in [-0.15, -0.1) is 0 Å². The van der Waals surface area contributed by atoms with Gasteiger partial charge < -0.3 is 15.2 Å². The molecule has 1 fully saturated rings. The summed E-state index contributed by atoms with van der Waals surface area (Å²) in [4.78, 5) is 11.7. The number of hydrogen-bond acceptors (Lipinski definition) is 6. The SMILES string of the molecule is O=[N+]([O-])c1ccc(NC[C@@H](O)CN2CCOCC2)c(C(F)(F)F)c1. The number of β-amino-alcohol motifs (C(OH)–C–C–N with tert-alkyl or cyclic N) is 1. The number of non-ortho nitro benzene ring substituents is 1. The third-order valence-electron chi connectivity index (χ3n) is 3.62. The topological polar surface area (TPSA) is 87.9 Å². The fourth-order valence-corrected chi connectivity index (χ4v) is 2.41. The average Bonchev–Trinajstić information content (AvgIpc) is 2.52. The Morgan fingerprint density at radius 3 is 2.62 bits per heavy atom. The van der Waals surface area contributed by atoms with E-state index in [9.17, 15) is 28.4 Å². The highest BCUT2D eigenvalue weighted by atomic mass is 19.4. The van der Waals surface area contributed by atoms with Gasteiger partial charge in [0.1, 0.15) is 0 Å². The lowest BCUT2D eigenvalue weighted by Crippen LogP contribution is -2.42. The molecule has 2 N–H and O–H groups in total. The van der Waals surface area contributed by atoms with E-state index >= 15 is 0 Å². The first-order valence-electron chi connectivity index (χ1n) is 7.35. The number of alkyl halides is 3. The number of anilines is 1. The van der Waals surface area contributed by atoms with Gasteiger partial charge in [-0.2, -0.15) is 13.2 Å². The minimum absolute atomic E-state index is 0.0990. The quantitative estimate of drug-likeness (QED) is 0.601. The molecule has 2 rings (SSSR count). The number of nitrogens with one attached hydrogen (secondary N) is 1. The highest BCUT2D eigenvalue weighted by Gasteiger charge is 2.35. The Kier molecular flexibility index (Phi) is 5.97. The second-order valence-corrected chi connectivity index (χ2v) is 5.43. The van der Waals surface area contributed by atoms with E-state index in [1.807, 2.05) is 4.90 Å². The zero-order valence-corrected chi connectivity index (χ0v) is 12.8. The van der Waals surface area contributed by atoms with Gasteiger partial charge in [0, 0.05) is 44.0 Å². The Hall–Kier alpha value is -1.91. The molecular weight excluding hydrogens is 331 g/mol. The van der Waals surface area contributed by atoms with Crippen molar-refractivity contribution >= 4 is 11.4 Å². The number of halogens is 3. The van der Waals surface area contributed by atoms with Crippen molar-refractivity contribution < 1.29 is 27.9 Å². The van der Waals surface area contributed by atoms with Crippen molar-refractivity contribution in [3.63, 3.8) is 0 Å². The molecule has 0 amide bonds. The molecule has 1 saturated heterocycles. The van der Waals surface area contributed by atoms with Gasteiger partial charge in [0.05, 0.1) is 29.8 Å². The van der Waals surface area contributed by atoms with E-state index in [1.165, 1.54) is 0 Å². The van der Waals surface area contributed by atoms with Crippen LogP contribution in [0.5, 0.6) is 0 Å². The maximum absolute atomic E-state index is 13.0. The predicted octanol–water partition coefficient (Wildman–Crippen LogP) is 1.72. The van der Waals surface area contributed by atoms with Gasteiger partial charge in [-0.3, -0.25) is 15.0 Å². The van der Waals surface area contributed by atoms with Crippen molar-refractivity contribution in [2.45, 2.75) is 12.3 Å². The maximum atomic E-state index is 13.0. The molecule has 0 aromatic heterocycles. The normalized spacial score (nSPS) is 17.5. The number of ether oxygens (including phenoxy) is 1. The summed E-state index contributed by atoms with van der Waals surface area (Å²) >= 11 is 0. The molecule has 1 heterocycles. The Bertz CT molecular complexity index is 577. The van der Waals surface area contributed by atoms with Crippen molar-refractivity contribution in [3.8, 4) is 0 Å². The number of nitro groups is 1. The second-order valence-electron chi connectivity index (χ2n) is 5.43. The standard InChI is InChI=1S/C14H18F3N3O4/c15-14(16,17)12-7-10(20(22)23)1-2-13(12)18-8-11(21)9-19-3-5-24-6-4-19/h1-2,7,11,18,21H,3-6,8-9H2/t11-/m1/s1. The number of nitro benzene ring substituents is 1. The molecule has 7 nitrogen and oxygen atoms in total. The summed E-state index contributed by atoms with van der Waals surface area (Å²) < 4.78 is 44.3. The summed E-state index contributed by atoms with van der Waals surface area (Å²) in [5.41, 5.74) is -2.06. The van der Waals surface area contributed by atoms with E-state index in [1.54, 1.807) is 0 Å². The van der Waals surface area contributed by atoms with Gasteiger partial charge in [-0.25, -0.2) is 0 Å². The third kappa shape index (κ3) is 5.05. The van der Waals surface area contributed by atoms with Crippen LogP contribution in [0.2, 0.25) is 0 Å². The molecule has 0 bridgehead atoms. The van der Waals surface area contributed by atoms with Crippen molar-refractivity contribution in [1.82, 2.24) is 4.90 Å². The highest BCUT2D eigenvalue weighted by molar-refractivity contribution is 5.57. The van der Waals surface area contributed by atoms with Gasteiger partial charge in [0.2, 0.25) is 0 Å². The van der Waals surface area contributed by atoms with Gasteiger partial charge in [-0.1, -0.05) is 0 Å². The van der Waals surface area contributed by atoms with Crippen molar-refractivity contribution in [2.75, 3.05) is 44.7 Å². The van der Waals surface area contributed by atoms with Crippen LogP contribution < -0.4 is 5.32 Å².